The molecule has 0 fully saturated rings. The summed E-state index contributed by atoms with van der Waals surface area (Å²) >= 11 is 3.25. The predicted molar refractivity (Wildman–Crippen MR) is 43.9 cm³/mol. The molecule has 0 radical (unpaired) electrons. The molecule has 0 aliphatic carbocycles. The lowest BCUT2D eigenvalue weighted by atomic mass is 10.2. The van der Waals surface area contributed by atoms with Crippen molar-refractivity contribution in [1.82, 2.24) is 0 Å². The maximum absolute atomic E-state index is 12.9. The van der Waals surface area contributed by atoms with E-state index in [1.54, 1.807) is 12.1 Å². The van der Waals surface area contributed by atoms with Crippen molar-refractivity contribution in [1.29, 1.82) is 0 Å². The Labute approximate surface area is 70.9 Å². The number of rotatable bonds is 0. The molecule has 1 aromatic carbocycles. The number of hydrogen-bond donors (Lipinski definition) is 0. The average molecular weight is 215 g/mol. The zero-order valence-corrected chi connectivity index (χ0v) is 7.06. The molecule has 0 spiro atoms. The molecule has 0 amide bonds. The minimum Gasteiger partial charge on any atom is -0.463 e. The molecule has 2 rings (SSSR count). The smallest absolute Gasteiger partial charge is 0.150 e. The van der Waals surface area contributed by atoms with Crippen molar-refractivity contribution in [2.45, 2.75) is 0 Å². The zero-order chi connectivity index (χ0) is 7.84. The van der Waals surface area contributed by atoms with Crippen molar-refractivity contribution in [3.05, 3.63) is 34.8 Å². The van der Waals surface area contributed by atoms with Crippen molar-refractivity contribution in [3.63, 3.8) is 0 Å². The summed E-state index contributed by atoms with van der Waals surface area (Å²) in [6, 6.07) is 4.64. The van der Waals surface area contributed by atoms with Gasteiger partial charge in [-0.25, -0.2) is 4.39 Å². The highest BCUT2D eigenvalue weighted by Crippen LogP contribution is 2.26. The number of fused-ring (bicyclic) bond motifs is 1. The number of furan rings is 1. The van der Waals surface area contributed by atoms with E-state index in [2.05, 4.69) is 15.9 Å². The van der Waals surface area contributed by atoms with Crippen molar-refractivity contribution in [3.8, 4) is 0 Å². The Morgan fingerprint density at radius 3 is 2.82 bits per heavy atom. The van der Waals surface area contributed by atoms with Gasteiger partial charge in [-0.05, 0) is 34.1 Å². The Kier molecular flexibility index (Phi) is 1.46. The van der Waals surface area contributed by atoms with Crippen LogP contribution in [0.5, 0.6) is 0 Å². The first-order valence-corrected chi connectivity index (χ1v) is 3.89. The third-order valence-electron chi connectivity index (χ3n) is 1.52. The van der Waals surface area contributed by atoms with E-state index in [-0.39, 0.29) is 5.82 Å². The Bertz CT molecular complexity index is 358. The molecule has 0 saturated heterocycles. The van der Waals surface area contributed by atoms with Crippen LogP contribution >= 0.6 is 15.9 Å². The van der Waals surface area contributed by atoms with Crippen LogP contribution in [-0.2, 0) is 0 Å². The summed E-state index contributed by atoms with van der Waals surface area (Å²) in [4.78, 5) is 0. The largest absolute Gasteiger partial charge is 0.463 e. The Hall–Kier alpha value is -0.830. The molecule has 56 valence electrons. The van der Waals surface area contributed by atoms with E-state index in [0.29, 0.717) is 11.0 Å². The molecule has 1 heterocycles. The molecule has 3 heteroatoms. The summed E-state index contributed by atoms with van der Waals surface area (Å²) in [5.74, 6) is -0.253. The van der Waals surface area contributed by atoms with E-state index < -0.39 is 0 Å². The van der Waals surface area contributed by atoms with E-state index in [9.17, 15) is 4.39 Å². The van der Waals surface area contributed by atoms with Gasteiger partial charge in [-0.15, -0.1) is 0 Å². The SMILES string of the molecule is Fc1ccc(Br)c2occc12. The molecular weight excluding hydrogens is 211 g/mol. The van der Waals surface area contributed by atoms with Gasteiger partial charge < -0.3 is 4.42 Å². The van der Waals surface area contributed by atoms with Gasteiger partial charge in [-0.2, -0.15) is 0 Å². The summed E-state index contributed by atoms with van der Waals surface area (Å²) in [6.07, 6.45) is 1.47. The predicted octanol–water partition coefficient (Wildman–Crippen LogP) is 3.33. The fourth-order valence-electron chi connectivity index (χ4n) is 0.994. The summed E-state index contributed by atoms with van der Waals surface area (Å²) in [7, 11) is 0. The lowest BCUT2D eigenvalue weighted by Gasteiger charge is -1.92. The molecule has 2 aromatic rings. The molecule has 1 aromatic heterocycles. The normalized spacial score (nSPS) is 10.7. The molecular formula is C8H4BrFO. The van der Waals surface area contributed by atoms with Crippen molar-refractivity contribution in [2.24, 2.45) is 0 Å². The van der Waals surface area contributed by atoms with Crippen LogP contribution in [0.1, 0.15) is 0 Å². The lowest BCUT2D eigenvalue weighted by molar-refractivity contribution is 0.608. The third-order valence-corrected chi connectivity index (χ3v) is 2.14. The topological polar surface area (TPSA) is 13.1 Å². The fourth-order valence-corrected chi connectivity index (χ4v) is 1.43. The van der Waals surface area contributed by atoms with Gasteiger partial charge in [0.05, 0.1) is 16.1 Å². The van der Waals surface area contributed by atoms with Gasteiger partial charge in [0.25, 0.3) is 0 Å². The molecule has 0 atom stereocenters. The van der Waals surface area contributed by atoms with Crippen LogP contribution < -0.4 is 0 Å². The summed E-state index contributed by atoms with van der Waals surface area (Å²) in [6.45, 7) is 0. The molecule has 11 heavy (non-hydrogen) atoms. The highest BCUT2D eigenvalue weighted by atomic mass is 79.9. The molecule has 0 unspecified atom stereocenters. The van der Waals surface area contributed by atoms with Crippen LogP contribution in [0.25, 0.3) is 11.0 Å². The molecule has 0 aliphatic rings. The van der Waals surface area contributed by atoms with Gasteiger partial charge in [0.1, 0.15) is 5.82 Å². The Morgan fingerprint density at radius 1 is 1.27 bits per heavy atom. The maximum atomic E-state index is 12.9. The van der Waals surface area contributed by atoms with Crippen LogP contribution in [0.3, 0.4) is 0 Å². The van der Waals surface area contributed by atoms with Gasteiger partial charge in [0.15, 0.2) is 5.58 Å². The maximum Gasteiger partial charge on any atom is 0.150 e. The Balaban J connectivity index is 2.96. The van der Waals surface area contributed by atoms with Crippen molar-refractivity contribution < 1.29 is 8.81 Å². The number of benzene rings is 1. The first-order chi connectivity index (χ1) is 5.29. The van der Waals surface area contributed by atoms with Gasteiger partial charge in [0, 0.05) is 0 Å². The third kappa shape index (κ3) is 0.959. The number of halogens is 2. The zero-order valence-electron chi connectivity index (χ0n) is 5.47. The molecule has 0 aliphatic heterocycles. The Morgan fingerprint density at radius 2 is 2.09 bits per heavy atom. The molecule has 1 nitrogen and oxygen atoms in total. The van der Waals surface area contributed by atoms with Gasteiger partial charge >= 0.3 is 0 Å². The molecule has 0 saturated carbocycles. The van der Waals surface area contributed by atoms with E-state index >= 15 is 0 Å². The highest BCUT2D eigenvalue weighted by Gasteiger charge is 2.05. The monoisotopic (exact) mass is 214 g/mol. The van der Waals surface area contributed by atoms with Crippen LogP contribution in [0.4, 0.5) is 4.39 Å². The van der Waals surface area contributed by atoms with Crippen LogP contribution in [-0.4, -0.2) is 0 Å². The van der Waals surface area contributed by atoms with Crippen LogP contribution in [0, 0.1) is 5.82 Å². The highest BCUT2D eigenvalue weighted by molar-refractivity contribution is 9.10. The summed E-state index contributed by atoms with van der Waals surface area (Å²) in [5.41, 5.74) is 0.560. The number of hydrogen-bond acceptors (Lipinski definition) is 1. The lowest BCUT2D eigenvalue weighted by Crippen LogP contribution is -1.74. The second-order valence-electron chi connectivity index (χ2n) is 2.19. The summed E-state index contributed by atoms with van der Waals surface area (Å²) in [5, 5.41) is 0.513. The standard InChI is InChI=1S/C8H4BrFO/c9-6-1-2-7(10)5-3-4-11-8(5)6/h1-4H. The van der Waals surface area contributed by atoms with Crippen molar-refractivity contribution in [2.75, 3.05) is 0 Å². The second-order valence-corrected chi connectivity index (χ2v) is 3.05. The van der Waals surface area contributed by atoms with E-state index in [4.69, 9.17) is 4.42 Å². The van der Waals surface area contributed by atoms with Gasteiger partial charge in [-0.3, -0.25) is 0 Å². The average Bonchev–Trinajstić information content (AvgIpc) is 2.45. The fraction of sp³-hybridized carbons (Fsp3) is 0. The molecule has 0 N–H and O–H groups in total. The second kappa shape index (κ2) is 2.34. The van der Waals surface area contributed by atoms with E-state index in [0.717, 1.165) is 4.47 Å². The minimum absolute atomic E-state index is 0.253. The van der Waals surface area contributed by atoms with Crippen molar-refractivity contribution >= 4 is 26.9 Å². The van der Waals surface area contributed by atoms with Crippen LogP contribution in [0.2, 0.25) is 0 Å². The minimum atomic E-state index is -0.253. The van der Waals surface area contributed by atoms with Gasteiger partial charge in [-0.1, -0.05) is 0 Å². The quantitative estimate of drug-likeness (QED) is 0.656. The molecule has 0 bridgehead atoms. The van der Waals surface area contributed by atoms with Crippen LogP contribution in [0.15, 0.2) is 33.4 Å². The summed E-state index contributed by atoms with van der Waals surface area (Å²) < 4.78 is 18.7. The van der Waals surface area contributed by atoms with E-state index in [1.165, 1.54) is 12.3 Å². The first kappa shape index (κ1) is 6.85. The van der Waals surface area contributed by atoms with Gasteiger partial charge in [0.2, 0.25) is 0 Å². The van der Waals surface area contributed by atoms with E-state index in [1.807, 2.05) is 0 Å². The first-order valence-electron chi connectivity index (χ1n) is 3.10.